The maximum absolute atomic E-state index is 12.3. The third kappa shape index (κ3) is 6.30. The van der Waals surface area contributed by atoms with Gasteiger partial charge in [-0.25, -0.2) is 4.79 Å². The first-order valence-corrected chi connectivity index (χ1v) is 8.31. The monoisotopic (exact) mass is 341 g/mol. The number of carboxylic acids is 1. The lowest BCUT2D eigenvalue weighted by molar-refractivity contribution is -0.142. The molecule has 1 unspecified atom stereocenters. The van der Waals surface area contributed by atoms with E-state index in [1.807, 2.05) is 60.7 Å². The smallest absolute Gasteiger partial charge is 0.326 e. The van der Waals surface area contributed by atoms with Crippen LogP contribution in [0.3, 0.4) is 0 Å². The molecule has 0 bridgehead atoms. The Morgan fingerprint density at radius 3 is 2.24 bits per heavy atom. The van der Waals surface area contributed by atoms with Crippen LogP contribution in [0, 0.1) is 5.92 Å². The van der Waals surface area contributed by atoms with Crippen molar-refractivity contribution in [2.24, 2.45) is 5.92 Å². The van der Waals surface area contributed by atoms with Gasteiger partial charge in [0, 0.05) is 12.3 Å². The molecule has 0 fully saturated rings. The summed E-state index contributed by atoms with van der Waals surface area (Å²) in [5.41, 5.74) is 0.871. The van der Waals surface area contributed by atoms with Crippen molar-refractivity contribution in [2.75, 3.05) is 6.61 Å². The van der Waals surface area contributed by atoms with Crippen LogP contribution in [0.15, 0.2) is 60.7 Å². The van der Waals surface area contributed by atoms with Crippen LogP contribution in [-0.4, -0.2) is 29.6 Å². The van der Waals surface area contributed by atoms with Crippen molar-refractivity contribution in [3.63, 3.8) is 0 Å². The second-order valence-corrected chi connectivity index (χ2v) is 5.94. The van der Waals surface area contributed by atoms with Gasteiger partial charge in [0.1, 0.15) is 11.8 Å². The molecular formula is C20H23NO4. The maximum atomic E-state index is 12.3. The van der Waals surface area contributed by atoms with Gasteiger partial charge in [-0.1, -0.05) is 55.5 Å². The summed E-state index contributed by atoms with van der Waals surface area (Å²) in [7, 11) is 0. The Balaban J connectivity index is 1.81. The number of aliphatic carboxylic acids is 1. The minimum Gasteiger partial charge on any atom is -0.494 e. The number of nitrogens with one attached hydrogen (secondary N) is 1. The van der Waals surface area contributed by atoms with Gasteiger partial charge < -0.3 is 15.2 Å². The molecule has 0 aliphatic carbocycles. The quantitative estimate of drug-likeness (QED) is 0.735. The molecule has 2 atom stereocenters. The van der Waals surface area contributed by atoms with Gasteiger partial charge in [0.25, 0.3) is 0 Å². The number of ether oxygens (including phenoxy) is 1. The van der Waals surface area contributed by atoms with Crippen LogP contribution in [0.4, 0.5) is 0 Å². The second-order valence-electron chi connectivity index (χ2n) is 5.94. The van der Waals surface area contributed by atoms with Gasteiger partial charge in [-0.2, -0.15) is 0 Å². The maximum Gasteiger partial charge on any atom is 0.326 e. The van der Waals surface area contributed by atoms with Crippen LogP contribution in [0.25, 0.3) is 0 Å². The third-order valence-corrected chi connectivity index (χ3v) is 3.91. The predicted octanol–water partition coefficient (Wildman–Crippen LogP) is 2.90. The Morgan fingerprint density at radius 1 is 1.04 bits per heavy atom. The van der Waals surface area contributed by atoms with Crippen molar-refractivity contribution in [1.29, 1.82) is 0 Å². The van der Waals surface area contributed by atoms with Crippen LogP contribution >= 0.6 is 0 Å². The largest absolute Gasteiger partial charge is 0.494 e. The van der Waals surface area contributed by atoms with E-state index in [0.29, 0.717) is 13.0 Å². The predicted molar refractivity (Wildman–Crippen MR) is 95.4 cm³/mol. The van der Waals surface area contributed by atoms with Crippen LogP contribution in [0.5, 0.6) is 5.75 Å². The molecule has 25 heavy (non-hydrogen) atoms. The number of carbonyl (C=O) groups excluding carboxylic acids is 1. The van der Waals surface area contributed by atoms with E-state index >= 15 is 0 Å². The summed E-state index contributed by atoms with van der Waals surface area (Å²) in [6, 6.07) is 17.7. The first-order chi connectivity index (χ1) is 12.1. The van der Waals surface area contributed by atoms with E-state index in [1.165, 1.54) is 0 Å². The number of benzene rings is 2. The zero-order valence-corrected chi connectivity index (χ0v) is 14.2. The first kappa shape index (κ1) is 18.5. The van der Waals surface area contributed by atoms with Crippen molar-refractivity contribution in [3.05, 3.63) is 66.2 Å². The highest BCUT2D eigenvalue weighted by molar-refractivity contribution is 5.84. The Kier molecular flexibility index (Phi) is 7.01. The SMILES string of the molecule is CC(CCOc1ccccc1)C(=O)N[C@H](Cc1ccccc1)C(=O)O. The zero-order valence-electron chi connectivity index (χ0n) is 14.2. The van der Waals surface area contributed by atoms with Crippen LogP contribution in [0.2, 0.25) is 0 Å². The molecule has 0 aromatic heterocycles. The molecule has 2 aromatic carbocycles. The normalized spacial score (nSPS) is 12.8. The fraction of sp³-hybridized carbons (Fsp3) is 0.300. The lowest BCUT2D eigenvalue weighted by Gasteiger charge is -2.18. The molecule has 0 heterocycles. The van der Waals surface area contributed by atoms with Crippen molar-refractivity contribution in [2.45, 2.75) is 25.8 Å². The van der Waals surface area contributed by atoms with Crippen molar-refractivity contribution >= 4 is 11.9 Å². The summed E-state index contributed by atoms with van der Waals surface area (Å²) >= 11 is 0. The number of amides is 1. The topological polar surface area (TPSA) is 75.6 Å². The van der Waals surface area contributed by atoms with Gasteiger partial charge in [-0.15, -0.1) is 0 Å². The third-order valence-electron chi connectivity index (χ3n) is 3.91. The van der Waals surface area contributed by atoms with E-state index < -0.39 is 12.0 Å². The van der Waals surface area contributed by atoms with E-state index in [1.54, 1.807) is 6.92 Å². The summed E-state index contributed by atoms with van der Waals surface area (Å²) in [5.74, 6) is -0.895. The average Bonchev–Trinajstić information content (AvgIpc) is 2.62. The van der Waals surface area contributed by atoms with Gasteiger partial charge in [-0.05, 0) is 24.1 Å². The lowest BCUT2D eigenvalue weighted by atomic mass is 10.0. The first-order valence-electron chi connectivity index (χ1n) is 8.31. The molecule has 2 aromatic rings. The molecule has 5 heteroatoms. The van der Waals surface area contributed by atoms with Gasteiger partial charge in [0.2, 0.25) is 5.91 Å². The molecular weight excluding hydrogens is 318 g/mol. The van der Waals surface area contributed by atoms with Crippen LogP contribution in [0.1, 0.15) is 18.9 Å². The molecule has 0 spiro atoms. The van der Waals surface area contributed by atoms with E-state index in [9.17, 15) is 14.7 Å². The molecule has 5 nitrogen and oxygen atoms in total. The van der Waals surface area contributed by atoms with Crippen molar-refractivity contribution in [1.82, 2.24) is 5.32 Å². The number of carbonyl (C=O) groups is 2. The van der Waals surface area contributed by atoms with Gasteiger partial charge in [0.15, 0.2) is 0 Å². The van der Waals surface area contributed by atoms with Crippen molar-refractivity contribution in [3.8, 4) is 5.75 Å². The fourth-order valence-electron chi connectivity index (χ4n) is 2.37. The number of carboxylic acid groups (broad SMARTS) is 1. The summed E-state index contributed by atoms with van der Waals surface area (Å²) in [4.78, 5) is 23.7. The Hall–Kier alpha value is -2.82. The lowest BCUT2D eigenvalue weighted by Crippen LogP contribution is -2.44. The summed E-state index contributed by atoms with van der Waals surface area (Å²) in [6.07, 6.45) is 0.771. The molecule has 0 aliphatic heterocycles. The van der Waals surface area contributed by atoms with E-state index in [-0.39, 0.29) is 18.2 Å². The van der Waals surface area contributed by atoms with E-state index in [0.717, 1.165) is 11.3 Å². The zero-order chi connectivity index (χ0) is 18.1. The van der Waals surface area contributed by atoms with Crippen molar-refractivity contribution < 1.29 is 19.4 Å². The van der Waals surface area contributed by atoms with Crippen LogP contribution in [-0.2, 0) is 16.0 Å². The minimum atomic E-state index is -1.04. The Morgan fingerprint density at radius 2 is 1.64 bits per heavy atom. The Labute approximate surface area is 147 Å². The van der Waals surface area contributed by atoms with E-state index in [2.05, 4.69) is 5.32 Å². The summed E-state index contributed by atoms with van der Waals surface area (Å²) in [5, 5.41) is 12.0. The number of para-hydroxylation sites is 1. The number of hydrogen-bond acceptors (Lipinski definition) is 3. The molecule has 132 valence electrons. The number of rotatable bonds is 9. The molecule has 1 amide bonds. The summed E-state index contributed by atoms with van der Waals surface area (Å²) in [6.45, 7) is 2.17. The average molecular weight is 341 g/mol. The molecule has 0 saturated carbocycles. The fourth-order valence-corrected chi connectivity index (χ4v) is 2.37. The molecule has 2 N–H and O–H groups in total. The molecule has 0 radical (unpaired) electrons. The van der Waals surface area contributed by atoms with Gasteiger partial charge >= 0.3 is 5.97 Å². The second kappa shape index (κ2) is 9.47. The number of hydrogen-bond donors (Lipinski definition) is 2. The molecule has 0 saturated heterocycles. The highest BCUT2D eigenvalue weighted by Gasteiger charge is 2.23. The summed E-state index contributed by atoms with van der Waals surface area (Å²) < 4.78 is 5.58. The van der Waals surface area contributed by atoms with E-state index in [4.69, 9.17) is 4.74 Å². The van der Waals surface area contributed by atoms with Gasteiger partial charge in [0.05, 0.1) is 6.61 Å². The minimum absolute atomic E-state index is 0.259. The standard InChI is InChI=1S/C20H23NO4/c1-15(12-13-25-17-10-6-3-7-11-17)19(22)21-18(20(23)24)14-16-8-4-2-5-9-16/h2-11,15,18H,12-14H2,1H3,(H,21,22)(H,23,24)/t15?,18-/m1/s1. The molecule has 0 aliphatic rings. The highest BCUT2D eigenvalue weighted by Crippen LogP contribution is 2.11. The highest BCUT2D eigenvalue weighted by atomic mass is 16.5. The molecule has 2 rings (SSSR count). The Bertz CT molecular complexity index is 673. The van der Waals surface area contributed by atoms with Crippen LogP contribution < -0.4 is 10.1 Å². The van der Waals surface area contributed by atoms with Gasteiger partial charge in [-0.3, -0.25) is 4.79 Å².